The molecule has 0 saturated carbocycles. The fourth-order valence-electron chi connectivity index (χ4n) is 4.77. The average Bonchev–Trinajstić information content (AvgIpc) is 3.20. The van der Waals surface area contributed by atoms with Crippen molar-refractivity contribution in [1.82, 2.24) is 10.0 Å². The molecule has 3 amide bonds. The van der Waals surface area contributed by atoms with Gasteiger partial charge < -0.3 is 21.3 Å². The predicted molar refractivity (Wildman–Crippen MR) is 149 cm³/mol. The van der Waals surface area contributed by atoms with E-state index in [9.17, 15) is 18.0 Å². The van der Waals surface area contributed by atoms with Gasteiger partial charge in [-0.3, -0.25) is 4.79 Å². The minimum Gasteiger partial charge on any atom is -0.366 e. The van der Waals surface area contributed by atoms with Crippen molar-refractivity contribution < 1.29 is 18.0 Å². The van der Waals surface area contributed by atoms with Crippen LogP contribution in [-0.2, 0) is 21.2 Å². The highest BCUT2D eigenvalue weighted by molar-refractivity contribution is 7.90. The van der Waals surface area contributed by atoms with Crippen LogP contribution < -0.4 is 26.0 Å². The van der Waals surface area contributed by atoms with Crippen molar-refractivity contribution in [1.29, 1.82) is 0 Å². The maximum atomic E-state index is 12.7. The smallest absolute Gasteiger partial charge is 0.328 e. The highest BCUT2D eigenvalue weighted by atomic mass is 32.2. The molecule has 9 nitrogen and oxygen atoms in total. The van der Waals surface area contributed by atoms with Crippen LogP contribution in [0.25, 0.3) is 0 Å². The summed E-state index contributed by atoms with van der Waals surface area (Å²) in [4.78, 5) is 26.9. The van der Waals surface area contributed by atoms with Gasteiger partial charge in [0.25, 0.3) is 15.9 Å². The number of nitrogens with zero attached hydrogens (tertiary/aromatic N) is 1. The van der Waals surface area contributed by atoms with Crippen molar-refractivity contribution in [2.75, 3.05) is 16.8 Å². The van der Waals surface area contributed by atoms with E-state index in [0.29, 0.717) is 12.8 Å². The highest BCUT2D eigenvalue weighted by Gasteiger charge is 2.48. The number of benzene rings is 3. The van der Waals surface area contributed by atoms with Gasteiger partial charge in [-0.1, -0.05) is 42.8 Å². The summed E-state index contributed by atoms with van der Waals surface area (Å²) in [7, 11) is -3.95. The number of nitrogens with two attached hydrogens (primary N) is 1. The molecule has 0 saturated heterocycles. The maximum absolute atomic E-state index is 12.7. The van der Waals surface area contributed by atoms with E-state index in [0.717, 1.165) is 39.3 Å². The van der Waals surface area contributed by atoms with Crippen molar-refractivity contribution in [3.8, 4) is 0 Å². The molecule has 200 valence electrons. The summed E-state index contributed by atoms with van der Waals surface area (Å²) in [5, 5.41) is 5.97. The van der Waals surface area contributed by atoms with Gasteiger partial charge in [-0.2, -0.15) is 0 Å². The number of nitrogens with one attached hydrogen (secondary N) is 3. The predicted octanol–water partition coefficient (Wildman–Crippen LogP) is 4.00. The zero-order valence-electron chi connectivity index (χ0n) is 22.0. The summed E-state index contributed by atoms with van der Waals surface area (Å²) >= 11 is 0. The Balaban J connectivity index is 1.45. The number of carbonyl (C=O) groups is 2. The van der Waals surface area contributed by atoms with E-state index in [-0.39, 0.29) is 11.4 Å². The summed E-state index contributed by atoms with van der Waals surface area (Å²) < 4.78 is 26.8. The molecule has 1 aliphatic rings. The molecule has 1 heterocycles. The first-order valence-electron chi connectivity index (χ1n) is 12.4. The average molecular weight is 536 g/mol. The van der Waals surface area contributed by atoms with Crippen molar-refractivity contribution >= 4 is 39.0 Å². The second kappa shape index (κ2) is 10.4. The van der Waals surface area contributed by atoms with E-state index in [2.05, 4.69) is 16.7 Å². The molecule has 0 radical (unpaired) electrons. The van der Waals surface area contributed by atoms with Gasteiger partial charge in [-0.05, 0) is 80.6 Å². The lowest BCUT2D eigenvalue weighted by molar-refractivity contribution is -0.122. The van der Waals surface area contributed by atoms with Crippen LogP contribution in [0.1, 0.15) is 35.6 Å². The van der Waals surface area contributed by atoms with E-state index in [1.807, 2.05) is 67.6 Å². The Labute approximate surface area is 223 Å². The van der Waals surface area contributed by atoms with Crippen molar-refractivity contribution in [3.63, 3.8) is 0 Å². The quantitative estimate of drug-likeness (QED) is 0.345. The minimum absolute atomic E-state index is 0.0244. The third-order valence-electron chi connectivity index (χ3n) is 6.78. The second-order valence-corrected chi connectivity index (χ2v) is 11.3. The van der Waals surface area contributed by atoms with Gasteiger partial charge in [0.15, 0.2) is 5.66 Å². The Kier molecular flexibility index (Phi) is 7.37. The number of urea groups is 1. The minimum atomic E-state index is -3.95. The van der Waals surface area contributed by atoms with Gasteiger partial charge in [0.1, 0.15) is 0 Å². The molecule has 3 aromatic rings. The van der Waals surface area contributed by atoms with Crippen LogP contribution in [0.15, 0.2) is 65.6 Å². The normalized spacial score (nSPS) is 16.5. The van der Waals surface area contributed by atoms with Crippen LogP contribution in [0.3, 0.4) is 0 Å². The molecular weight excluding hydrogens is 502 g/mol. The lowest BCUT2D eigenvalue weighted by Gasteiger charge is -2.36. The first kappa shape index (κ1) is 27.0. The maximum Gasteiger partial charge on any atom is 0.328 e. The van der Waals surface area contributed by atoms with Gasteiger partial charge in [0.2, 0.25) is 0 Å². The van der Waals surface area contributed by atoms with E-state index in [1.54, 1.807) is 12.1 Å². The van der Waals surface area contributed by atoms with Gasteiger partial charge in [0, 0.05) is 12.2 Å². The third kappa shape index (κ3) is 5.17. The number of anilines is 3. The lowest BCUT2D eigenvalue weighted by Crippen LogP contribution is -2.57. The molecule has 0 bridgehead atoms. The number of fused-ring (bicyclic) bond motifs is 1. The molecular formula is C28H33N5O4S. The molecule has 10 heteroatoms. The zero-order chi connectivity index (χ0) is 27.7. The first-order chi connectivity index (χ1) is 18.0. The van der Waals surface area contributed by atoms with E-state index in [4.69, 9.17) is 5.73 Å². The molecule has 1 aliphatic heterocycles. The Bertz CT molecular complexity index is 1470. The molecule has 1 atom stereocenters. The number of carbonyl (C=O) groups excluding carboxylic acids is 2. The van der Waals surface area contributed by atoms with Crippen LogP contribution in [-0.4, -0.2) is 32.6 Å². The summed E-state index contributed by atoms with van der Waals surface area (Å²) in [6, 6.07) is 17.2. The molecule has 4 rings (SSSR count). The summed E-state index contributed by atoms with van der Waals surface area (Å²) in [6.07, 6.45) is 0.946. The number of aryl methyl sites for hydroxylation is 3. The van der Waals surface area contributed by atoms with E-state index >= 15 is 0 Å². The Morgan fingerprint density at radius 1 is 0.974 bits per heavy atom. The number of hydrogen-bond acceptors (Lipinski definition) is 6. The molecule has 5 N–H and O–H groups in total. The highest BCUT2D eigenvalue weighted by Crippen LogP contribution is 2.48. The largest absolute Gasteiger partial charge is 0.366 e. The monoisotopic (exact) mass is 535 g/mol. The fraction of sp³-hybridized carbons (Fsp3) is 0.286. The van der Waals surface area contributed by atoms with Crippen LogP contribution in [0.5, 0.6) is 0 Å². The molecule has 0 aromatic heterocycles. The van der Waals surface area contributed by atoms with Gasteiger partial charge in [-0.25, -0.2) is 17.9 Å². The SMILES string of the molecule is CCC1(C(N)=O)Nc2c(C)cc(C)cc2N1c1ccc(CCNC(=O)NS(=O)(=O)c2ccc(C)cc2)cc1. The second-order valence-electron chi connectivity index (χ2n) is 9.61. The summed E-state index contributed by atoms with van der Waals surface area (Å²) in [5.41, 5.74) is 11.4. The van der Waals surface area contributed by atoms with Gasteiger partial charge in [-0.15, -0.1) is 0 Å². The van der Waals surface area contributed by atoms with Crippen LogP contribution in [0, 0.1) is 20.8 Å². The molecule has 0 aliphatic carbocycles. The number of hydrogen-bond donors (Lipinski definition) is 4. The topological polar surface area (TPSA) is 134 Å². The molecule has 1 unspecified atom stereocenters. The van der Waals surface area contributed by atoms with E-state index in [1.165, 1.54) is 12.1 Å². The molecule has 3 aromatic carbocycles. The number of amides is 3. The number of rotatable bonds is 8. The molecule has 0 fully saturated rings. The third-order valence-corrected chi connectivity index (χ3v) is 8.13. The van der Waals surface area contributed by atoms with Crippen molar-refractivity contribution in [3.05, 3.63) is 82.9 Å². The number of primary amides is 1. The first-order valence-corrected chi connectivity index (χ1v) is 13.9. The Morgan fingerprint density at radius 3 is 2.24 bits per heavy atom. The van der Waals surface area contributed by atoms with Crippen molar-refractivity contribution in [2.45, 2.75) is 51.1 Å². The Morgan fingerprint density at radius 2 is 1.63 bits per heavy atom. The molecule has 38 heavy (non-hydrogen) atoms. The Hall–Kier alpha value is -4.05. The van der Waals surface area contributed by atoms with Crippen molar-refractivity contribution in [2.24, 2.45) is 5.73 Å². The van der Waals surface area contributed by atoms with Crippen LogP contribution >= 0.6 is 0 Å². The summed E-state index contributed by atoms with van der Waals surface area (Å²) in [5.74, 6) is -0.465. The lowest BCUT2D eigenvalue weighted by atomic mass is 10.0. The zero-order valence-corrected chi connectivity index (χ0v) is 22.8. The number of sulfonamides is 1. The summed E-state index contributed by atoms with van der Waals surface area (Å²) in [6.45, 7) is 8.02. The standard InChI is InChI=1S/C28H33N5O4S/c1-5-28(26(29)34)31-25-20(4)16-19(3)17-24(25)33(28)22-10-8-21(9-11-22)14-15-30-27(35)32-38(36,37)23-12-6-18(2)7-13-23/h6-13,16-17,31H,5,14-15H2,1-4H3,(H2,29,34)(H2,30,32,35). The van der Waals surface area contributed by atoms with E-state index < -0.39 is 27.6 Å². The van der Waals surface area contributed by atoms with Crippen LogP contribution in [0.4, 0.5) is 21.9 Å². The fourth-order valence-corrected chi connectivity index (χ4v) is 5.70. The molecule has 0 spiro atoms. The van der Waals surface area contributed by atoms with Gasteiger partial charge >= 0.3 is 6.03 Å². The van der Waals surface area contributed by atoms with Crippen LogP contribution in [0.2, 0.25) is 0 Å². The van der Waals surface area contributed by atoms with Gasteiger partial charge in [0.05, 0.1) is 16.3 Å².